The van der Waals surface area contributed by atoms with Crippen LogP contribution in [0.25, 0.3) is 0 Å². The van der Waals surface area contributed by atoms with Crippen LogP contribution >= 0.6 is 11.8 Å². The summed E-state index contributed by atoms with van der Waals surface area (Å²) < 4.78 is 0. The molecule has 1 saturated carbocycles. The highest BCUT2D eigenvalue weighted by molar-refractivity contribution is 8.00. The van der Waals surface area contributed by atoms with Gasteiger partial charge in [-0.15, -0.1) is 11.8 Å². The van der Waals surface area contributed by atoms with E-state index in [1.54, 1.807) is 11.8 Å². The Morgan fingerprint density at radius 1 is 1.00 bits per heavy atom. The van der Waals surface area contributed by atoms with E-state index < -0.39 is 0 Å². The van der Waals surface area contributed by atoms with Gasteiger partial charge in [-0.3, -0.25) is 4.79 Å². The highest BCUT2D eigenvalue weighted by Crippen LogP contribution is 2.30. The molecule has 2 heteroatoms. The van der Waals surface area contributed by atoms with Crippen LogP contribution in [0.1, 0.15) is 38.5 Å². The molecular weight excluding hydrogens is 216 g/mol. The minimum absolute atomic E-state index is 0.197. The summed E-state index contributed by atoms with van der Waals surface area (Å²) in [6.07, 6.45) is 6.65. The van der Waals surface area contributed by atoms with Gasteiger partial charge in [0, 0.05) is 11.3 Å². The van der Waals surface area contributed by atoms with Crippen molar-refractivity contribution in [3.8, 4) is 0 Å². The maximum absolute atomic E-state index is 12.0. The van der Waals surface area contributed by atoms with E-state index in [4.69, 9.17) is 0 Å². The van der Waals surface area contributed by atoms with Gasteiger partial charge in [0.1, 0.15) is 5.78 Å². The first kappa shape index (κ1) is 11.7. The molecule has 1 aliphatic rings. The lowest BCUT2D eigenvalue weighted by atomic mass is 9.99. The highest BCUT2D eigenvalue weighted by atomic mass is 32.2. The number of ketones is 1. The molecule has 16 heavy (non-hydrogen) atoms. The molecule has 2 rings (SSSR count). The Hall–Kier alpha value is -0.760. The Balaban J connectivity index is 1.98. The van der Waals surface area contributed by atoms with Crippen LogP contribution in [0.3, 0.4) is 0 Å². The van der Waals surface area contributed by atoms with Gasteiger partial charge in [0.2, 0.25) is 0 Å². The molecule has 0 aliphatic heterocycles. The number of carbonyl (C=O) groups is 1. The molecule has 0 heterocycles. The molecule has 1 aliphatic carbocycles. The van der Waals surface area contributed by atoms with Gasteiger partial charge in [-0.25, -0.2) is 0 Å². The summed E-state index contributed by atoms with van der Waals surface area (Å²) in [6, 6.07) is 10.3. The number of benzene rings is 1. The quantitative estimate of drug-likeness (QED) is 0.767. The van der Waals surface area contributed by atoms with E-state index in [1.165, 1.54) is 24.2 Å². The average molecular weight is 234 g/mol. The first-order chi connectivity index (χ1) is 7.86. The molecule has 1 atom stereocenters. The van der Waals surface area contributed by atoms with Gasteiger partial charge in [-0.1, -0.05) is 37.5 Å². The zero-order valence-corrected chi connectivity index (χ0v) is 10.3. The summed E-state index contributed by atoms with van der Waals surface area (Å²) in [5.74, 6) is 0.452. The van der Waals surface area contributed by atoms with Crippen LogP contribution in [0, 0.1) is 0 Å². The molecule has 1 aromatic carbocycles. The zero-order chi connectivity index (χ0) is 11.2. The fraction of sp³-hybridized carbons (Fsp3) is 0.500. The van der Waals surface area contributed by atoms with E-state index in [2.05, 4.69) is 12.1 Å². The van der Waals surface area contributed by atoms with Crippen LogP contribution in [0.15, 0.2) is 35.2 Å². The summed E-state index contributed by atoms with van der Waals surface area (Å²) >= 11 is 1.75. The van der Waals surface area contributed by atoms with E-state index in [9.17, 15) is 4.79 Å². The lowest BCUT2D eigenvalue weighted by molar-refractivity contribution is -0.119. The van der Waals surface area contributed by atoms with E-state index in [1.807, 2.05) is 18.2 Å². The molecule has 0 N–H and O–H groups in total. The van der Waals surface area contributed by atoms with Crippen molar-refractivity contribution >= 4 is 17.5 Å². The number of thioether (sulfide) groups is 1. The van der Waals surface area contributed by atoms with Gasteiger partial charge in [0.25, 0.3) is 0 Å². The van der Waals surface area contributed by atoms with E-state index >= 15 is 0 Å². The van der Waals surface area contributed by atoms with Gasteiger partial charge < -0.3 is 0 Å². The normalized spacial score (nSPS) is 22.5. The number of carbonyl (C=O) groups excluding carboxylic acids is 1. The number of hydrogen-bond acceptors (Lipinski definition) is 2. The second-order valence-corrected chi connectivity index (χ2v) is 5.61. The van der Waals surface area contributed by atoms with Crippen molar-refractivity contribution in [3.05, 3.63) is 30.3 Å². The van der Waals surface area contributed by atoms with Crippen LogP contribution in [0.2, 0.25) is 0 Å². The van der Waals surface area contributed by atoms with E-state index in [0.29, 0.717) is 5.78 Å². The fourth-order valence-electron chi connectivity index (χ4n) is 2.09. The van der Waals surface area contributed by atoms with Crippen molar-refractivity contribution in [2.24, 2.45) is 0 Å². The van der Waals surface area contributed by atoms with Crippen LogP contribution in [0.5, 0.6) is 0 Å². The molecule has 1 nitrogen and oxygen atoms in total. The molecule has 86 valence electrons. The summed E-state index contributed by atoms with van der Waals surface area (Å²) in [7, 11) is 0. The van der Waals surface area contributed by atoms with E-state index in [0.717, 1.165) is 19.3 Å². The van der Waals surface area contributed by atoms with Crippen molar-refractivity contribution in [2.75, 3.05) is 0 Å². The number of hydrogen-bond donors (Lipinski definition) is 0. The molecule has 0 spiro atoms. The smallest absolute Gasteiger partial charge is 0.146 e. The predicted molar refractivity (Wildman–Crippen MR) is 68.8 cm³/mol. The summed E-state index contributed by atoms with van der Waals surface area (Å²) in [6.45, 7) is 0. The molecule has 1 fully saturated rings. The van der Waals surface area contributed by atoms with Gasteiger partial charge in [-0.2, -0.15) is 0 Å². The Morgan fingerprint density at radius 2 is 1.75 bits per heavy atom. The second-order valence-electron chi connectivity index (χ2n) is 4.34. The Bertz CT molecular complexity index is 334. The summed E-state index contributed by atoms with van der Waals surface area (Å²) in [5.41, 5.74) is 0. The Morgan fingerprint density at radius 3 is 2.56 bits per heavy atom. The summed E-state index contributed by atoms with van der Waals surface area (Å²) in [4.78, 5) is 13.2. The van der Waals surface area contributed by atoms with Crippen molar-refractivity contribution in [2.45, 2.75) is 48.7 Å². The Kier molecular flexibility index (Phi) is 4.46. The van der Waals surface area contributed by atoms with Crippen LogP contribution in [-0.4, -0.2) is 11.0 Å². The van der Waals surface area contributed by atoms with Gasteiger partial charge >= 0.3 is 0 Å². The van der Waals surface area contributed by atoms with Crippen molar-refractivity contribution < 1.29 is 4.79 Å². The maximum Gasteiger partial charge on any atom is 0.146 e. The monoisotopic (exact) mass is 234 g/mol. The Labute approximate surface area is 102 Å². The molecule has 0 saturated heterocycles. The van der Waals surface area contributed by atoms with Crippen LogP contribution in [-0.2, 0) is 4.79 Å². The highest BCUT2D eigenvalue weighted by Gasteiger charge is 2.20. The first-order valence-corrected chi connectivity index (χ1v) is 6.98. The standard InChI is InChI=1S/C14H18OS/c15-13-10-6-1-2-7-11-14(13)16-12-8-4-3-5-9-12/h3-5,8-9,14H,1-2,6-7,10-11H2. The minimum Gasteiger partial charge on any atom is -0.298 e. The van der Waals surface area contributed by atoms with Gasteiger partial charge in [-0.05, 0) is 25.0 Å². The molecular formula is C14H18OS. The van der Waals surface area contributed by atoms with Crippen molar-refractivity contribution in [1.82, 2.24) is 0 Å². The predicted octanol–water partition coefficient (Wildman–Crippen LogP) is 4.07. The van der Waals surface area contributed by atoms with Gasteiger partial charge in [0.15, 0.2) is 0 Å². The van der Waals surface area contributed by atoms with Crippen LogP contribution < -0.4 is 0 Å². The molecule has 0 amide bonds. The minimum atomic E-state index is 0.197. The lowest BCUT2D eigenvalue weighted by Gasteiger charge is -2.17. The van der Waals surface area contributed by atoms with Gasteiger partial charge in [0.05, 0.1) is 5.25 Å². The largest absolute Gasteiger partial charge is 0.298 e. The number of Topliss-reactive ketones (excluding diaryl/α,β-unsaturated/α-hetero) is 1. The second kappa shape index (κ2) is 6.09. The zero-order valence-electron chi connectivity index (χ0n) is 9.52. The molecule has 0 bridgehead atoms. The third-order valence-electron chi connectivity index (χ3n) is 3.02. The van der Waals surface area contributed by atoms with E-state index in [-0.39, 0.29) is 5.25 Å². The third kappa shape index (κ3) is 3.38. The molecule has 1 aromatic rings. The fourth-order valence-corrected chi connectivity index (χ4v) is 3.27. The first-order valence-electron chi connectivity index (χ1n) is 6.11. The third-order valence-corrected chi connectivity index (χ3v) is 4.35. The molecule has 0 aromatic heterocycles. The average Bonchev–Trinajstić information content (AvgIpc) is 2.30. The molecule has 1 unspecified atom stereocenters. The van der Waals surface area contributed by atoms with Crippen molar-refractivity contribution in [3.63, 3.8) is 0 Å². The summed E-state index contributed by atoms with van der Waals surface area (Å²) in [5, 5.41) is 0.197. The van der Waals surface area contributed by atoms with Crippen molar-refractivity contribution in [1.29, 1.82) is 0 Å². The molecule has 0 radical (unpaired) electrons. The SMILES string of the molecule is O=C1CCCCCCC1Sc1ccccc1. The number of rotatable bonds is 2. The lowest BCUT2D eigenvalue weighted by Crippen LogP contribution is -2.18. The maximum atomic E-state index is 12.0. The van der Waals surface area contributed by atoms with Crippen LogP contribution in [0.4, 0.5) is 0 Å². The topological polar surface area (TPSA) is 17.1 Å².